The summed E-state index contributed by atoms with van der Waals surface area (Å²) < 4.78 is 12.3. The van der Waals surface area contributed by atoms with Gasteiger partial charge in [0, 0.05) is 11.3 Å². The zero-order valence-electron chi connectivity index (χ0n) is 21.0. The fourth-order valence-corrected chi connectivity index (χ4v) is 4.80. The molecule has 0 aliphatic rings. The van der Waals surface area contributed by atoms with Gasteiger partial charge in [0.15, 0.2) is 11.0 Å². The number of nitrogens with zero attached hydrogens (tertiary/aromatic N) is 4. The number of aromatic nitrogens is 5. The van der Waals surface area contributed by atoms with Crippen molar-refractivity contribution in [1.29, 1.82) is 0 Å². The number of benzene rings is 3. The summed E-state index contributed by atoms with van der Waals surface area (Å²) >= 11 is 1.24. The van der Waals surface area contributed by atoms with Crippen LogP contribution >= 0.6 is 11.8 Å². The molecule has 5 rings (SSSR count). The standard InChI is InChI=1S/C28H25N5O4S/c1-17-11-13-19(14-12-17)33-26(18-7-6-8-20(15-18)36-2)31-32-28(33)38-16-23(34)24(27(35)37-3)25-29-21-9-4-5-10-22(21)30-25/h4-15,34H,16H2,1-3H3,(H,29,30)/b24-23+. The van der Waals surface area contributed by atoms with Crippen molar-refractivity contribution in [2.24, 2.45) is 0 Å². The van der Waals surface area contributed by atoms with Gasteiger partial charge in [-0.05, 0) is 43.3 Å². The van der Waals surface area contributed by atoms with E-state index in [2.05, 4.69) is 20.2 Å². The molecule has 192 valence electrons. The van der Waals surface area contributed by atoms with Gasteiger partial charge in [-0.15, -0.1) is 10.2 Å². The minimum absolute atomic E-state index is 0.0313. The van der Waals surface area contributed by atoms with E-state index < -0.39 is 5.97 Å². The van der Waals surface area contributed by atoms with Gasteiger partial charge in [-0.25, -0.2) is 9.78 Å². The molecule has 0 aliphatic heterocycles. The number of rotatable bonds is 8. The van der Waals surface area contributed by atoms with Gasteiger partial charge in [0.2, 0.25) is 0 Å². The highest BCUT2D eigenvalue weighted by atomic mass is 32.2. The molecule has 0 bridgehead atoms. The molecule has 0 atom stereocenters. The van der Waals surface area contributed by atoms with E-state index in [4.69, 9.17) is 9.47 Å². The SMILES string of the molecule is COC(=O)/C(=C(/O)CSc1nnc(-c2cccc(OC)c2)n1-c1ccc(C)cc1)c1nc2ccccc2[nH]1. The predicted octanol–water partition coefficient (Wildman–Crippen LogP) is 5.36. The monoisotopic (exact) mass is 527 g/mol. The van der Waals surface area contributed by atoms with Crippen molar-refractivity contribution in [1.82, 2.24) is 24.7 Å². The van der Waals surface area contributed by atoms with Gasteiger partial charge in [0.1, 0.15) is 22.9 Å². The first-order valence-electron chi connectivity index (χ1n) is 11.7. The number of imidazole rings is 1. The summed E-state index contributed by atoms with van der Waals surface area (Å²) in [5.41, 5.74) is 4.17. The van der Waals surface area contributed by atoms with Crippen molar-refractivity contribution in [2.75, 3.05) is 20.0 Å². The number of para-hydroxylation sites is 2. The van der Waals surface area contributed by atoms with Crippen molar-refractivity contribution in [3.05, 3.63) is 89.9 Å². The molecule has 0 saturated heterocycles. The second-order valence-electron chi connectivity index (χ2n) is 8.41. The van der Waals surface area contributed by atoms with E-state index in [-0.39, 0.29) is 22.9 Å². The summed E-state index contributed by atoms with van der Waals surface area (Å²) in [6.45, 7) is 2.02. The van der Waals surface area contributed by atoms with Crippen molar-refractivity contribution >= 4 is 34.3 Å². The predicted molar refractivity (Wildman–Crippen MR) is 146 cm³/mol. The highest BCUT2D eigenvalue weighted by molar-refractivity contribution is 7.99. The van der Waals surface area contributed by atoms with Crippen LogP contribution in [0.2, 0.25) is 0 Å². The van der Waals surface area contributed by atoms with Crippen LogP contribution in [0.25, 0.3) is 33.7 Å². The molecule has 0 radical (unpaired) electrons. The maximum absolute atomic E-state index is 12.7. The molecule has 38 heavy (non-hydrogen) atoms. The van der Waals surface area contributed by atoms with Crippen LogP contribution in [0, 0.1) is 6.92 Å². The normalized spacial score (nSPS) is 11.9. The Kier molecular flexibility index (Phi) is 7.14. The van der Waals surface area contributed by atoms with Gasteiger partial charge >= 0.3 is 5.97 Å². The van der Waals surface area contributed by atoms with Gasteiger partial charge in [0.05, 0.1) is 31.0 Å². The van der Waals surface area contributed by atoms with Gasteiger partial charge in [0.25, 0.3) is 0 Å². The van der Waals surface area contributed by atoms with E-state index in [0.717, 1.165) is 22.3 Å². The Morgan fingerprint density at radius 1 is 1.03 bits per heavy atom. The molecule has 2 aromatic heterocycles. The van der Waals surface area contributed by atoms with E-state index in [1.54, 1.807) is 7.11 Å². The third-order valence-corrected chi connectivity index (χ3v) is 6.84. The Bertz CT molecular complexity index is 1610. The van der Waals surface area contributed by atoms with Crippen molar-refractivity contribution in [2.45, 2.75) is 12.1 Å². The average molecular weight is 528 g/mol. The third kappa shape index (κ3) is 4.98. The summed E-state index contributed by atoms with van der Waals surface area (Å²) in [5.74, 6) is 0.687. The molecule has 0 spiro atoms. The molecule has 5 aromatic rings. The van der Waals surface area contributed by atoms with Crippen LogP contribution in [0.1, 0.15) is 11.4 Å². The molecule has 9 nitrogen and oxygen atoms in total. The van der Waals surface area contributed by atoms with Gasteiger partial charge in [-0.1, -0.05) is 53.7 Å². The molecular formula is C28H25N5O4S. The number of ether oxygens (including phenoxy) is 2. The van der Waals surface area contributed by atoms with Crippen LogP contribution in [0.5, 0.6) is 5.75 Å². The summed E-state index contributed by atoms with van der Waals surface area (Å²) in [6, 6.07) is 22.9. The highest BCUT2D eigenvalue weighted by Gasteiger charge is 2.24. The number of thioether (sulfide) groups is 1. The lowest BCUT2D eigenvalue weighted by atomic mass is 10.2. The lowest BCUT2D eigenvalue weighted by molar-refractivity contribution is -0.133. The maximum atomic E-state index is 12.7. The Hall–Kier alpha value is -4.57. The summed E-state index contributed by atoms with van der Waals surface area (Å²) in [5, 5.41) is 20.5. The fourth-order valence-electron chi connectivity index (χ4n) is 3.97. The number of fused-ring (bicyclic) bond motifs is 1. The Balaban J connectivity index is 1.54. The molecule has 0 saturated carbocycles. The number of aromatic amines is 1. The van der Waals surface area contributed by atoms with Crippen molar-refractivity contribution in [3.63, 3.8) is 0 Å². The quantitative estimate of drug-likeness (QED) is 0.120. The first-order valence-corrected chi connectivity index (χ1v) is 12.7. The Morgan fingerprint density at radius 3 is 2.55 bits per heavy atom. The van der Waals surface area contributed by atoms with E-state index in [9.17, 15) is 9.90 Å². The molecule has 0 unspecified atom stereocenters. The van der Waals surface area contributed by atoms with E-state index in [1.807, 2.05) is 84.3 Å². The van der Waals surface area contributed by atoms with Crippen LogP contribution in [0.4, 0.5) is 0 Å². The van der Waals surface area contributed by atoms with Gasteiger partial charge < -0.3 is 19.6 Å². The van der Waals surface area contributed by atoms with Crippen LogP contribution < -0.4 is 4.74 Å². The average Bonchev–Trinajstić information content (AvgIpc) is 3.56. The summed E-state index contributed by atoms with van der Waals surface area (Å²) in [4.78, 5) is 20.2. The Morgan fingerprint density at radius 2 is 1.82 bits per heavy atom. The maximum Gasteiger partial charge on any atom is 0.345 e. The topological polar surface area (TPSA) is 115 Å². The Labute approximate surface area is 223 Å². The fraction of sp³-hybridized carbons (Fsp3) is 0.143. The minimum Gasteiger partial charge on any atom is -0.510 e. The van der Waals surface area contributed by atoms with Crippen LogP contribution in [-0.4, -0.2) is 55.8 Å². The number of carbonyl (C=O) groups excluding carboxylic acids is 1. The molecular weight excluding hydrogens is 502 g/mol. The van der Waals surface area contributed by atoms with Crippen LogP contribution in [0.3, 0.4) is 0 Å². The molecule has 0 fully saturated rings. The second-order valence-corrected chi connectivity index (χ2v) is 9.36. The number of hydrogen-bond acceptors (Lipinski definition) is 8. The number of carbonyl (C=O) groups is 1. The smallest absolute Gasteiger partial charge is 0.345 e. The van der Waals surface area contributed by atoms with Crippen molar-refractivity contribution in [3.8, 4) is 22.8 Å². The number of aliphatic hydroxyl groups is 1. The first kappa shape index (κ1) is 25.1. The lowest BCUT2D eigenvalue weighted by Crippen LogP contribution is -2.10. The molecule has 2 heterocycles. The van der Waals surface area contributed by atoms with E-state index >= 15 is 0 Å². The molecule has 10 heteroatoms. The molecule has 0 aliphatic carbocycles. The number of nitrogens with one attached hydrogen (secondary N) is 1. The highest BCUT2D eigenvalue weighted by Crippen LogP contribution is 2.31. The number of aliphatic hydroxyl groups excluding tert-OH is 1. The minimum atomic E-state index is -0.695. The van der Waals surface area contributed by atoms with Gasteiger partial charge in [-0.3, -0.25) is 4.57 Å². The second kappa shape index (κ2) is 10.8. The number of aryl methyl sites for hydroxylation is 1. The van der Waals surface area contributed by atoms with E-state index in [0.29, 0.717) is 22.2 Å². The van der Waals surface area contributed by atoms with Crippen molar-refractivity contribution < 1.29 is 19.4 Å². The van der Waals surface area contributed by atoms with Gasteiger partial charge in [-0.2, -0.15) is 0 Å². The largest absolute Gasteiger partial charge is 0.510 e. The first-order chi connectivity index (χ1) is 18.5. The zero-order chi connectivity index (χ0) is 26.6. The van der Waals surface area contributed by atoms with E-state index in [1.165, 1.54) is 18.9 Å². The summed E-state index contributed by atoms with van der Waals surface area (Å²) in [6.07, 6.45) is 0. The van der Waals surface area contributed by atoms with Crippen LogP contribution in [-0.2, 0) is 9.53 Å². The molecule has 0 amide bonds. The lowest BCUT2D eigenvalue weighted by Gasteiger charge is -2.12. The zero-order valence-corrected chi connectivity index (χ0v) is 21.8. The number of methoxy groups -OCH3 is 2. The summed E-state index contributed by atoms with van der Waals surface area (Å²) in [7, 11) is 2.88. The molecule has 2 N–H and O–H groups in total. The molecule has 3 aromatic carbocycles. The number of hydrogen-bond donors (Lipinski definition) is 2. The number of H-pyrrole nitrogens is 1. The number of esters is 1. The third-order valence-electron chi connectivity index (χ3n) is 5.90. The van der Waals surface area contributed by atoms with Crippen LogP contribution in [0.15, 0.2) is 83.7 Å².